The Morgan fingerprint density at radius 2 is 1.78 bits per heavy atom. The molecule has 0 saturated carbocycles. The Labute approximate surface area is 112 Å². The molecule has 1 rings (SSSR count). The van der Waals surface area contributed by atoms with Crippen molar-refractivity contribution in [1.29, 1.82) is 0 Å². The Morgan fingerprint density at radius 1 is 1.17 bits per heavy atom. The van der Waals surface area contributed by atoms with Crippen LogP contribution >= 0.6 is 0 Å². The molecule has 0 N–H and O–H groups in total. The van der Waals surface area contributed by atoms with Crippen molar-refractivity contribution in [2.75, 3.05) is 0 Å². The number of carbonyl (C=O) groups excluding carboxylic acids is 1. The highest BCUT2D eigenvalue weighted by atomic mass is 16.1. The van der Waals surface area contributed by atoms with E-state index in [1.807, 2.05) is 0 Å². The van der Waals surface area contributed by atoms with Crippen molar-refractivity contribution in [3.8, 4) is 0 Å². The van der Waals surface area contributed by atoms with E-state index in [0.717, 1.165) is 19.3 Å². The maximum atomic E-state index is 11.7. The lowest BCUT2D eigenvalue weighted by atomic mass is 9.89. The molecule has 0 saturated heterocycles. The predicted octanol–water partition coefficient (Wildman–Crippen LogP) is 4.71. The largest absolute Gasteiger partial charge is 0.299 e. The van der Waals surface area contributed by atoms with E-state index >= 15 is 0 Å². The molecule has 1 nitrogen and oxygen atoms in total. The fraction of sp³-hybridized carbons (Fsp3) is 0.588. The fourth-order valence-corrected chi connectivity index (χ4v) is 2.37. The lowest BCUT2D eigenvalue weighted by Crippen LogP contribution is -2.12. The average Bonchev–Trinajstić information content (AvgIpc) is 2.31. The van der Waals surface area contributed by atoms with Crippen LogP contribution in [0.3, 0.4) is 0 Å². The molecule has 1 aliphatic rings. The van der Waals surface area contributed by atoms with Gasteiger partial charge in [0.25, 0.3) is 0 Å². The molecule has 18 heavy (non-hydrogen) atoms. The minimum absolute atomic E-state index is 0.107. The van der Waals surface area contributed by atoms with Gasteiger partial charge in [0.15, 0.2) is 0 Å². The molecule has 0 aromatic carbocycles. The molecule has 0 aromatic rings. The molecule has 0 radical (unpaired) electrons. The van der Waals surface area contributed by atoms with Crippen molar-refractivity contribution < 1.29 is 4.79 Å². The quantitative estimate of drug-likeness (QED) is 0.613. The van der Waals surface area contributed by atoms with Gasteiger partial charge in [-0.15, -0.1) is 0 Å². The summed E-state index contributed by atoms with van der Waals surface area (Å²) in [6, 6.07) is 0. The summed E-state index contributed by atoms with van der Waals surface area (Å²) in [5.74, 6) is 1.55. The van der Waals surface area contributed by atoms with Crippen LogP contribution in [-0.4, -0.2) is 5.78 Å². The van der Waals surface area contributed by atoms with Gasteiger partial charge < -0.3 is 0 Å². The van der Waals surface area contributed by atoms with Crippen molar-refractivity contribution in [2.24, 2.45) is 17.8 Å². The average molecular weight is 246 g/mol. The van der Waals surface area contributed by atoms with Gasteiger partial charge in [-0.25, -0.2) is 0 Å². The third-order valence-electron chi connectivity index (χ3n) is 3.95. The fourth-order valence-electron chi connectivity index (χ4n) is 2.37. The van der Waals surface area contributed by atoms with E-state index in [9.17, 15) is 4.79 Å². The number of rotatable bonds is 1. The molecule has 1 heteroatoms. The Bertz CT molecular complexity index is 360. The Morgan fingerprint density at radius 3 is 2.39 bits per heavy atom. The van der Waals surface area contributed by atoms with E-state index in [1.54, 1.807) is 6.92 Å². The molecule has 0 bridgehead atoms. The molecule has 0 spiro atoms. The van der Waals surface area contributed by atoms with Gasteiger partial charge in [-0.2, -0.15) is 0 Å². The smallest absolute Gasteiger partial charge is 0.136 e. The minimum Gasteiger partial charge on any atom is -0.299 e. The van der Waals surface area contributed by atoms with Gasteiger partial charge in [-0.1, -0.05) is 49.8 Å². The molecule has 0 heterocycles. The van der Waals surface area contributed by atoms with E-state index < -0.39 is 0 Å². The first-order valence-corrected chi connectivity index (χ1v) is 7.02. The van der Waals surface area contributed by atoms with Crippen molar-refractivity contribution in [3.63, 3.8) is 0 Å². The van der Waals surface area contributed by atoms with E-state index in [-0.39, 0.29) is 5.92 Å². The third-order valence-corrected chi connectivity index (χ3v) is 3.95. The first-order valence-electron chi connectivity index (χ1n) is 7.02. The highest BCUT2D eigenvalue weighted by Crippen LogP contribution is 2.21. The van der Waals surface area contributed by atoms with Crippen LogP contribution in [0.1, 0.15) is 47.0 Å². The number of allylic oxidation sites excluding steroid dienone is 6. The van der Waals surface area contributed by atoms with Gasteiger partial charge in [0.2, 0.25) is 0 Å². The number of hydrogen-bond acceptors (Lipinski definition) is 1. The summed E-state index contributed by atoms with van der Waals surface area (Å²) in [6.07, 6.45) is 14.1. The van der Waals surface area contributed by atoms with Crippen molar-refractivity contribution in [3.05, 3.63) is 36.0 Å². The molecule has 0 aromatic heterocycles. The summed E-state index contributed by atoms with van der Waals surface area (Å²) >= 11 is 0. The minimum atomic E-state index is 0.107. The van der Waals surface area contributed by atoms with Gasteiger partial charge in [-0.3, -0.25) is 4.79 Å². The molecule has 3 atom stereocenters. The number of hydrogen-bond donors (Lipinski definition) is 0. The molecular weight excluding hydrogens is 220 g/mol. The number of Topliss-reactive ketones (excluding diaryl/α,β-unsaturated/α-hetero) is 1. The summed E-state index contributed by atoms with van der Waals surface area (Å²) in [5.41, 5.74) is 1.22. The van der Waals surface area contributed by atoms with Crippen LogP contribution in [0, 0.1) is 17.8 Å². The highest BCUT2D eigenvalue weighted by molar-refractivity contribution is 5.81. The second-order valence-electron chi connectivity index (χ2n) is 5.50. The molecule has 0 aliphatic heterocycles. The summed E-state index contributed by atoms with van der Waals surface area (Å²) in [5, 5.41) is 0. The van der Waals surface area contributed by atoms with Crippen LogP contribution in [0.25, 0.3) is 0 Å². The molecular formula is C17H26O. The van der Waals surface area contributed by atoms with Gasteiger partial charge in [0.05, 0.1) is 0 Å². The summed E-state index contributed by atoms with van der Waals surface area (Å²) in [4.78, 5) is 11.7. The molecule has 0 amide bonds. The van der Waals surface area contributed by atoms with Crippen molar-refractivity contribution >= 4 is 5.78 Å². The number of carbonyl (C=O) groups is 1. The zero-order valence-electron chi connectivity index (χ0n) is 12.1. The van der Waals surface area contributed by atoms with E-state index in [2.05, 4.69) is 51.2 Å². The standard InChI is InChI=1S/C17H26O/c1-13-9-5-6-11-15(3)17(16(4)18)12-8-7-10-14(13)2/h5,7,9-11,13-14,17H,6,8,12H2,1-4H3/b9-5-,10-7-,15-11+. The molecule has 0 fully saturated rings. The van der Waals surface area contributed by atoms with Crippen molar-refractivity contribution in [1.82, 2.24) is 0 Å². The van der Waals surface area contributed by atoms with E-state index in [4.69, 9.17) is 0 Å². The summed E-state index contributed by atoms with van der Waals surface area (Å²) < 4.78 is 0. The van der Waals surface area contributed by atoms with E-state index in [0.29, 0.717) is 17.6 Å². The molecule has 3 unspecified atom stereocenters. The van der Waals surface area contributed by atoms with E-state index in [1.165, 1.54) is 5.57 Å². The predicted molar refractivity (Wildman–Crippen MR) is 78.4 cm³/mol. The zero-order chi connectivity index (χ0) is 13.5. The van der Waals surface area contributed by atoms with Crippen LogP contribution in [0.5, 0.6) is 0 Å². The summed E-state index contributed by atoms with van der Waals surface area (Å²) in [7, 11) is 0. The summed E-state index contributed by atoms with van der Waals surface area (Å²) in [6.45, 7) is 8.30. The SMILES string of the molecule is CC(=O)C1CC/C=C\C(C)C(C)/C=C\C/C=C/1C. The van der Waals surface area contributed by atoms with Crippen molar-refractivity contribution in [2.45, 2.75) is 47.0 Å². The van der Waals surface area contributed by atoms with Gasteiger partial charge in [-0.05, 0) is 44.9 Å². The maximum Gasteiger partial charge on any atom is 0.136 e. The van der Waals surface area contributed by atoms with Crippen LogP contribution in [0.4, 0.5) is 0 Å². The van der Waals surface area contributed by atoms with Gasteiger partial charge in [0.1, 0.15) is 5.78 Å². The Balaban J connectivity index is 2.85. The highest BCUT2D eigenvalue weighted by Gasteiger charge is 2.15. The van der Waals surface area contributed by atoms with Crippen LogP contribution in [0.2, 0.25) is 0 Å². The molecule has 100 valence electrons. The van der Waals surface area contributed by atoms with Crippen LogP contribution in [0.15, 0.2) is 36.0 Å². The first-order chi connectivity index (χ1) is 8.52. The second kappa shape index (κ2) is 7.35. The lowest BCUT2D eigenvalue weighted by Gasteiger charge is -2.16. The number of ketones is 1. The van der Waals surface area contributed by atoms with Crippen LogP contribution in [-0.2, 0) is 4.79 Å². The second-order valence-corrected chi connectivity index (χ2v) is 5.50. The topological polar surface area (TPSA) is 17.1 Å². The zero-order valence-corrected chi connectivity index (χ0v) is 12.1. The Kier molecular flexibility index (Phi) is 6.11. The Hall–Kier alpha value is -1.11. The first kappa shape index (κ1) is 14.9. The monoisotopic (exact) mass is 246 g/mol. The van der Waals surface area contributed by atoms with Gasteiger partial charge >= 0.3 is 0 Å². The third kappa shape index (κ3) is 4.64. The van der Waals surface area contributed by atoms with Gasteiger partial charge in [0, 0.05) is 5.92 Å². The maximum absolute atomic E-state index is 11.7. The normalized spacial score (nSPS) is 36.7. The molecule has 1 aliphatic carbocycles. The van der Waals surface area contributed by atoms with Crippen LogP contribution < -0.4 is 0 Å². The lowest BCUT2D eigenvalue weighted by molar-refractivity contribution is -0.119.